The molecule has 0 saturated carbocycles. The fourth-order valence-corrected chi connectivity index (χ4v) is 2.48. The number of fused-ring (bicyclic) bond motifs is 3. The predicted molar refractivity (Wildman–Crippen MR) is 62.9 cm³/mol. The number of nitrogens with zero attached hydrogens (tertiary/aromatic N) is 1. The fraction of sp³-hybridized carbons (Fsp3) is 0.385. The van der Waals surface area contributed by atoms with Crippen molar-refractivity contribution in [3.05, 3.63) is 35.5 Å². The lowest BCUT2D eigenvalue weighted by Gasteiger charge is -2.29. The van der Waals surface area contributed by atoms with Gasteiger partial charge in [0, 0.05) is 29.2 Å². The first-order valence-electron chi connectivity index (χ1n) is 5.54. The molecule has 0 radical (unpaired) electrons. The van der Waals surface area contributed by atoms with Gasteiger partial charge in [0.25, 0.3) is 0 Å². The topological polar surface area (TPSA) is 19.0 Å². The highest BCUT2D eigenvalue weighted by Gasteiger charge is 2.22. The van der Waals surface area contributed by atoms with Gasteiger partial charge in [-0.1, -0.05) is 18.2 Å². The largest absolute Gasteiger partial charge is 0.357 e. The van der Waals surface area contributed by atoms with Crippen LogP contribution < -0.4 is 0 Å². The summed E-state index contributed by atoms with van der Waals surface area (Å²) in [6.07, 6.45) is 1.16. The van der Waals surface area contributed by atoms with Gasteiger partial charge in [-0.2, -0.15) is 0 Å². The van der Waals surface area contributed by atoms with E-state index in [9.17, 15) is 0 Å². The Morgan fingerprint density at radius 3 is 3.00 bits per heavy atom. The van der Waals surface area contributed by atoms with E-state index in [4.69, 9.17) is 0 Å². The van der Waals surface area contributed by atoms with Crippen molar-refractivity contribution in [3.63, 3.8) is 0 Å². The third kappa shape index (κ3) is 1.29. The number of hydrogen-bond donors (Lipinski definition) is 1. The normalized spacial score (nSPS) is 21.9. The van der Waals surface area contributed by atoms with Gasteiger partial charge in [-0.25, -0.2) is 0 Å². The standard InChI is InChI=1S/C13H16N2/c1-9-7-11-10-5-3-4-6-12(10)14-13(11)8-15(9)2/h3-6,9,14H,7-8H2,1-2H3/t9-/m1/s1. The summed E-state index contributed by atoms with van der Waals surface area (Å²) in [7, 11) is 2.19. The predicted octanol–water partition coefficient (Wildman–Crippen LogP) is 2.54. The quantitative estimate of drug-likeness (QED) is 0.692. The van der Waals surface area contributed by atoms with E-state index in [2.05, 4.69) is 48.1 Å². The van der Waals surface area contributed by atoms with Crippen LogP contribution in [0.3, 0.4) is 0 Å². The lowest BCUT2D eigenvalue weighted by molar-refractivity contribution is 0.229. The Labute approximate surface area is 89.9 Å². The highest BCUT2D eigenvalue weighted by Crippen LogP contribution is 2.28. The molecular formula is C13H16N2. The van der Waals surface area contributed by atoms with E-state index in [0.717, 1.165) is 13.0 Å². The maximum Gasteiger partial charge on any atom is 0.0459 e. The minimum absolute atomic E-state index is 0.650. The van der Waals surface area contributed by atoms with Crippen LogP contribution in [-0.4, -0.2) is 23.0 Å². The summed E-state index contributed by atoms with van der Waals surface area (Å²) >= 11 is 0. The van der Waals surface area contributed by atoms with Gasteiger partial charge >= 0.3 is 0 Å². The molecule has 1 aromatic carbocycles. The van der Waals surface area contributed by atoms with E-state index in [1.165, 1.54) is 22.2 Å². The molecule has 0 bridgehead atoms. The number of aromatic nitrogens is 1. The van der Waals surface area contributed by atoms with Gasteiger partial charge in [-0.3, -0.25) is 4.90 Å². The number of benzene rings is 1. The Morgan fingerprint density at radius 1 is 1.33 bits per heavy atom. The minimum Gasteiger partial charge on any atom is -0.357 e. The molecule has 2 heteroatoms. The Balaban J connectivity index is 2.21. The highest BCUT2D eigenvalue weighted by molar-refractivity contribution is 5.84. The van der Waals surface area contributed by atoms with Crippen LogP contribution in [0, 0.1) is 0 Å². The summed E-state index contributed by atoms with van der Waals surface area (Å²) in [6.45, 7) is 3.34. The SMILES string of the molecule is C[C@@H]1Cc2c([nH]c3ccccc23)CN1C. The van der Waals surface area contributed by atoms with Crippen molar-refractivity contribution in [3.8, 4) is 0 Å². The summed E-state index contributed by atoms with van der Waals surface area (Å²) in [6, 6.07) is 9.26. The van der Waals surface area contributed by atoms with Crippen molar-refractivity contribution >= 4 is 10.9 Å². The van der Waals surface area contributed by atoms with Crippen molar-refractivity contribution in [1.29, 1.82) is 0 Å². The average molecular weight is 200 g/mol. The van der Waals surface area contributed by atoms with Crippen LogP contribution in [0.2, 0.25) is 0 Å². The van der Waals surface area contributed by atoms with E-state index in [-0.39, 0.29) is 0 Å². The zero-order valence-corrected chi connectivity index (χ0v) is 9.25. The fourth-order valence-electron chi connectivity index (χ4n) is 2.48. The maximum atomic E-state index is 3.53. The molecule has 0 amide bonds. The molecule has 0 aliphatic carbocycles. The average Bonchev–Trinajstić information content (AvgIpc) is 2.57. The van der Waals surface area contributed by atoms with Crippen molar-refractivity contribution in [1.82, 2.24) is 9.88 Å². The molecule has 0 fully saturated rings. The molecule has 1 N–H and O–H groups in total. The summed E-state index contributed by atoms with van der Waals surface area (Å²) in [5.74, 6) is 0. The summed E-state index contributed by atoms with van der Waals surface area (Å²) in [5.41, 5.74) is 4.21. The smallest absolute Gasteiger partial charge is 0.0459 e. The number of para-hydroxylation sites is 1. The minimum atomic E-state index is 0.650. The molecule has 2 aromatic rings. The van der Waals surface area contributed by atoms with Crippen LogP contribution in [0.1, 0.15) is 18.2 Å². The molecule has 3 rings (SSSR count). The van der Waals surface area contributed by atoms with Crippen LogP contribution in [0.5, 0.6) is 0 Å². The van der Waals surface area contributed by atoms with Crippen LogP contribution in [0.4, 0.5) is 0 Å². The molecular weight excluding hydrogens is 184 g/mol. The number of hydrogen-bond acceptors (Lipinski definition) is 1. The third-order valence-electron chi connectivity index (χ3n) is 3.56. The molecule has 1 aliphatic heterocycles. The van der Waals surface area contributed by atoms with Gasteiger partial charge < -0.3 is 4.98 Å². The molecule has 78 valence electrons. The number of nitrogens with one attached hydrogen (secondary N) is 1. The number of aromatic amines is 1. The van der Waals surface area contributed by atoms with Gasteiger partial charge in [0.05, 0.1) is 0 Å². The van der Waals surface area contributed by atoms with Gasteiger partial charge in [-0.15, -0.1) is 0 Å². The zero-order chi connectivity index (χ0) is 10.4. The van der Waals surface area contributed by atoms with Crippen LogP contribution in [-0.2, 0) is 13.0 Å². The van der Waals surface area contributed by atoms with Crippen LogP contribution in [0.15, 0.2) is 24.3 Å². The monoisotopic (exact) mass is 200 g/mol. The highest BCUT2D eigenvalue weighted by atomic mass is 15.1. The van der Waals surface area contributed by atoms with Crippen molar-refractivity contribution < 1.29 is 0 Å². The summed E-state index contributed by atoms with van der Waals surface area (Å²) in [5, 5.41) is 1.41. The number of rotatable bonds is 0. The van der Waals surface area contributed by atoms with Crippen molar-refractivity contribution in [2.45, 2.75) is 25.9 Å². The van der Waals surface area contributed by atoms with Gasteiger partial charge in [0.15, 0.2) is 0 Å². The first kappa shape index (κ1) is 8.98. The van der Waals surface area contributed by atoms with E-state index < -0.39 is 0 Å². The zero-order valence-electron chi connectivity index (χ0n) is 9.25. The molecule has 1 aromatic heterocycles. The van der Waals surface area contributed by atoms with E-state index in [1.54, 1.807) is 0 Å². The number of H-pyrrole nitrogens is 1. The van der Waals surface area contributed by atoms with Crippen LogP contribution >= 0.6 is 0 Å². The van der Waals surface area contributed by atoms with E-state index in [0.29, 0.717) is 6.04 Å². The molecule has 2 nitrogen and oxygen atoms in total. The molecule has 0 spiro atoms. The Morgan fingerprint density at radius 2 is 2.13 bits per heavy atom. The molecule has 0 unspecified atom stereocenters. The van der Waals surface area contributed by atoms with E-state index in [1.807, 2.05) is 0 Å². The Hall–Kier alpha value is -1.28. The molecule has 15 heavy (non-hydrogen) atoms. The molecule has 1 aliphatic rings. The van der Waals surface area contributed by atoms with Gasteiger partial charge in [0.2, 0.25) is 0 Å². The maximum absolute atomic E-state index is 3.53. The number of likely N-dealkylation sites (N-methyl/N-ethyl adjacent to an activating group) is 1. The molecule has 2 heterocycles. The van der Waals surface area contributed by atoms with Crippen molar-refractivity contribution in [2.75, 3.05) is 7.05 Å². The van der Waals surface area contributed by atoms with Gasteiger partial charge in [0.1, 0.15) is 0 Å². The first-order valence-corrected chi connectivity index (χ1v) is 5.54. The van der Waals surface area contributed by atoms with Gasteiger partial charge in [-0.05, 0) is 32.0 Å². The molecule has 1 atom stereocenters. The van der Waals surface area contributed by atoms with E-state index >= 15 is 0 Å². The van der Waals surface area contributed by atoms with Crippen LogP contribution in [0.25, 0.3) is 10.9 Å². The second kappa shape index (κ2) is 3.11. The Kier molecular flexibility index (Phi) is 1.86. The second-order valence-electron chi connectivity index (χ2n) is 4.60. The summed E-state index contributed by atoms with van der Waals surface area (Å²) in [4.78, 5) is 5.93. The molecule has 0 saturated heterocycles. The van der Waals surface area contributed by atoms with Crippen molar-refractivity contribution in [2.24, 2.45) is 0 Å². The Bertz CT molecular complexity index is 498. The lowest BCUT2D eigenvalue weighted by Crippen LogP contribution is -2.34. The first-order chi connectivity index (χ1) is 7.25. The third-order valence-corrected chi connectivity index (χ3v) is 3.56. The second-order valence-corrected chi connectivity index (χ2v) is 4.60. The lowest BCUT2D eigenvalue weighted by atomic mass is 9.98. The summed E-state index contributed by atoms with van der Waals surface area (Å²) < 4.78 is 0.